The first-order valence-corrected chi connectivity index (χ1v) is 7.05. The van der Waals surface area contributed by atoms with Crippen LogP contribution in [0.25, 0.3) is 0 Å². The number of ether oxygens (including phenoxy) is 1. The zero-order valence-electron chi connectivity index (χ0n) is 10.6. The number of aromatic nitrogens is 1. The van der Waals surface area contributed by atoms with E-state index in [4.69, 9.17) is 10.5 Å². The quantitative estimate of drug-likeness (QED) is 0.707. The maximum atomic E-state index is 11.8. The summed E-state index contributed by atoms with van der Waals surface area (Å²) in [7, 11) is 0. The molecule has 1 atom stereocenters. The van der Waals surface area contributed by atoms with Gasteiger partial charge in [0.2, 0.25) is 0 Å². The van der Waals surface area contributed by atoms with Crippen LogP contribution in [0.1, 0.15) is 36.4 Å². The summed E-state index contributed by atoms with van der Waals surface area (Å²) in [5, 5.41) is 2.93. The molecule has 104 valence electrons. The second-order valence-electron chi connectivity index (χ2n) is 4.10. The van der Waals surface area contributed by atoms with Gasteiger partial charge in [0.15, 0.2) is 0 Å². The second kappa shape index (κ2) is 8.50. The summed E-state index contributed by atoms with van der Waals surface area (Å²) in [5.41, 5.74) is 6.73. The Bertz CT molecular complexity index is 334. The van der Waals surface area contributed by atoms with Crippen molar-refractivity contribution >= 4 is 11.3 Å². The van der Waals surface area contributed by atoms with Crippen molar-refractivity contribution in [2.45, 2.75) is 38.5 Å². The third-order valence-corrected chi connectivity index (χ3v) is 3.54. The second-order valence-corrected chi connectivity index (χ2v) is 5.05. The van der Waals surface area contributed by atoms with Crippen LogP contribution in [-0.4, -0.2) is 31.2 Å². The standard InChI is InChI=1S/C12H20F2N2OS/c1-2-3-9(6-15)10-8-18-12(16-10)4-5-17-7-11(13)14/h8-9,11H,2-7,15H2,1H3. The van der Waals surface area contributed by atoms with Crippen molar-refractivity contribution in [2.24, 2.45) is 5.73 Å². The molecular weight excluding hydrogens is 258 g/mol. The Labute approximate surface area is 110 Å². The summed E-state index contributed by atoms with van der Waals surface area (Å²) in [6.07, 6.45) is 0.289. The molecule has 0 aromatic carbocycles. The van der Waals surface area contributed by atoms with Crippen LogP contribution in [0, 0.1) is 0 Å². The fraction of sp³-hybridized carbons (Fsp3) is 0.750. The predicted octanol–water partition coefficient (Wildman–Crippen LogP) is 2.81. The molecular formula is C12H20F2N2OS. The summed E-state index contributed by atoms with van der Waals surface area (Å²) >= 11 is 1.54. The van der Waals surface area contributed by atoms with E-state index in [9.17, 15) is 8.78 Å². The molecule has 0 saturated carbocycles. The number of rotatable bonds is 9. The Kier molecular flexibility index (Phi) is 7.31. The molecule has 0 aliphatic heterocycles. The third-order valence-electron chi connectivity index (χ3n) is 2.61. The number of thiazole rings is 1. The van der Waals surface area contributed by atoms with Crippen LogP contribution in [0.2, 0.25) is 0 Å². The minimum Gasteiger partial charge on any atom is -0.375 e. The van der Waals surface area contributed by atoms with Gasteiger partial charge in [0.1, 0.15) is 6.61 Å². The van der Waals surface area contributed by atoms with E-state index in [1.165, 1.54) is 0 Å². The van der Waals surface area contributed by atoms with Crippen molar-refractivity contribution < 1.29 is 13.5 Å². The van der Waals surface area contributed by atoms with Gasteiger partial charge in [-0.25, -0.2) is 13.8 Å². The minimum absolute atomic E-state index is 0.290. The van der Waals surface area contributed by atoms with E-state index >= 15 is 0 Å². The van der Waals surface area contributed by atoms with Crippen LogP contribution in [0.5, 0.6) is 0 Å². The molecule has 0 saturated heterocycles. The maximum Gasteiger partial charge on any atom is 0.261 e. The molecule has 18 heavy (non-hydrogen) atoms. The Morgan fingerprint density at radius 3 is 2.89 bits per heavy atom. The van der Waals surface area contributed by atoms with Crippen LogP contribution >= 0.6 is 11.3 Å². The number of hydrogen-bond acceptors (Lipinski definition) is 4. The predicted molar refractivity (Wildman–Crippen MR) is 69.3 cm³/mol. The average Bonchev–Trinajstić information content (AvgIpc) is 2.80. The van der Waals surface area contributed by atoms with E-state index in [1.54, 1.807) is 11.3 Å². The molecule has 0 bridgehead atoms. The molecule has 1 aromatic heterocycles. The molecule has 0 aliphatic carbocycles. The van der Waals surface area contributed by atoms with E-state index < -0.39 is 13.0 Å². The minimum atomic E-state index is -2.40. The molecule has 1 rings (SSSR count). The van der Waals surface area contributed by atoms with Gasteiger partial charge in [-0.3, -0.25) is 0 Å². The van der Waals surface area contributed by atoms with Crippen molar-refractivity contribution in [2.75, 3.05) is 19.8 Å². The van der Waals surface area contributed by atoms with Crippen LogP contribution in [0.3, 0.4) is 0 Å². The zero-order valence-corrected chi connectivity index (χ0v) is 11.4. The number of alkyl halides is 2. The maximum absolute atomic E-state index is 11.8. The molecule has 0 amide bonds. The molecule has 6 heteroatoms. The lowest BCUT2D eigenvalue weighted by atomic mass is 10.0. The molecule has 0 spiro atoms. The normalized spacial score (nSPS) is 13.2. The molecule has 0 aliphatic rings. The third kappa shape index (κ3) is 5.37. The topological polar surface area (TPSA) is 48.1 Å². The number of hydrogen-bond donors (Lipinski definition) is 1. The van der Waals surface area contributed by atoms with E-state index in [1.807, 2.05) is 5.38 Å². The smallest absolute Gasteiger partial charge is 0.261 e. The van der Waals surface area contributed by atoms with E-state index in [-0.39, 0.29) is 0 Å². The molecule has 3 nitrogen and oxygen atoms in total. The van der Waals surface area contributed by atoms with E-state index in [2.05, 4.69) is 11.9 Å². The Hall–Kier alpha value is -0.590. The van der Waals surface area contributed by atoms with Gasteiger partial charge < -0.3 is 10.5 Å². The Morgan fingerprint density at radius 2 is 2.28 bits per heavy atom. The SMILES string of the molecule is CCCC(CN)c1csc(CCOCC(F)F)n1. The van der Waals surface area contributed by atoms with Gasteiger partial charge >= 0.3 is 0 Å². The lowest BCUT2D eigenvalue weighted by Gasteiger charge is -2.09. The van der Waals surface area contributed by atoms with Crippen molar-refractivity contribution in [1.82, 2.24) is 4.98 Å². The van der Waals surface area contributed by atoms with Gasteiger partial charge in [0, 0.05) is 24.3 Å². The van der Waals surface area contributed by atoms with Gasteiger partial charge in [-0.2, -0.15) is 0 Å². The first-order valence-electron chi connectivity index (χ1n) is 6.17. The van der Waals surface area contributed by atoms with Crippen LogP contribution in [-0.2, 0) is 11.2 Å². The lowest BCUT2D eigenvalue weighted by molar-refractivity contribution is 0.0187. The van der Waals surface area contributed by atoms with Gasteiger partial charge in [-0.1, -0.05) is 13.3 Å². The van der Waals surface area contributed by atoms with E-state index in [0.29, 0.717) is 25.5 Å². The van der Waals surface area contributed by atoms with Gasteiger partial charge in [0.05, 0.1) is 17.3 Å². The van der Waals surface area contributed by atoms with Crippen molar-refractivity contribution in [3.05, 3.63) is 16.1 Å². The van der Waals surface area contributed by atoms with Crippen molar-refractivity contribution in [1.29, 1.82) is 0 Å². The van der Waals surface area contributed by atoms with Gasteiger partial charge in [-0.05, 0) is 6.42 Å². The lowest BCUT2D eigenvalue weighted by Crippen LogP contribution is -2.13. The largest absolute Gasteiger partial charge is 0.375 e. The highest BCUT2D eigenvalue weighted by atomic mass is 32.1. The van der Waals surface area contributed by atoms with Crippen molar-refractivity contribution in [3.8, 4) is 0 Å². The fourth-order valence-electron chi connectivity index (χ4n) is 1.69. The molecule has 1 aromatic rings. The summed E-state index contributed by atoms with van der Waals surface area (Å²) in [6, 6.07) is 0. The van der Waals surface area contributed by atoms with Crippen molar-refractivity contribution in [3.63, 3.8) is 0 Å². The average molecular weight is 278 g/mol. The van der Waals surface area contributed by atoms with Gasteiger partial charge in [0.25, 0.3) is 6.43 Å². The highest BCUT2D eigenvalue weighted by Gasteiger charge is 2.12. The highest BCUT2D eigenvalue weighted by molar-refractivity contribution is 7.09. The summed E-state index contributed by atoms with van der Waals surface area (Å²) < 4.78 is 28.5. The highest BCUT2D eigenvalue weighted by Crippen LogP contribution is 2.22. The number of nitrogens with zero attached hydrogens (tertiary/aromatic N) is 1. The first-order chi connectivity index (χ1) is 8.67. The summed E-state index contributed by atoms with van der Waals surface area (Å²) in [6.45, 7) is 2.50. The molecule has 1 unspecified atom stereocenters. The number of nitrogens with two attached hydrogens (primary N) is 1. The zero-order chi connectivity index (χ0) is 13.4. The summed E-state index contributed by atoms with van der Waals surface area (Å²) in [4.78, 5) is 4.49. The van der Waals surface area contributed by atoms with Crippen LogP contribution in [0.15, 0.2) is 5.38 Å². The summed E-state index contributed by atoms with van der Waals surface area (Å²) in [5.74, 6) is 0.307. The molecule has 2 N–H and O–H groups in total. The fourth-order valence-corrected chi connectivity index (χ4v) is 2.56. The van der Waals surface area contributed by atoms with E-state index in [0.717, 1.165) is 23.5 Å². The number of halogens is 2. The first kappa shape index (κ1) is 15.5. The molecule has 0 radical (unpaired) electrons. The molecule has 1 heterocycles. The monoisotopic (exact) mass is 278 g/mol. The van der Waals surface area contributed by atoms with Crippen LogP contribution < -0.4 is 5.73 Å². The Morgan fingerprint density at radius 1 is 1.50 bits per heavy atom. The molecule has 0 fully saturated rings. The Balaban J connectivity index is 2.37. The van der Waals surface area contributed by atoms with Crippen LogP contribution in [0.4, 0.5) is 8.78 Å². The van der Waals surface area contributed by atoms with Gasteiger partial charge in [-0.15, -0.1) is 11.3 Å².